The Morgan fingerprint density at radius 2 is 1.89 bits per heavy atom. The van der Waals surface area contributed by atoms with Gasteiger partial charge in [-0.05, 0) is 68.8 Å². The van der Waals surface area contributed by atoms with E-state index in [1.165, 1.54) is 43.5 Å². The van der Waals surface area contributed by atoms with Crippen LogP contribution in [0.3, 0.4) is 0 Å². The van der Waals surface area contributed by atoms with Crippen LogP contribution in [0.4, 0.5) is 0 Å². The maximum absolute atomic E-state index is 5.52. The van der Waals surface area contributed by atoms with E-state index in [9.17, 15) is 0 Å². The lowest BCUT2D eigenvalue weighted by molar-refractivity contribution is 0.349. The fourth-order valence-corrected chi connectivity index (χ4v) is 2.89. The van der Waals surface area contributed by atoms with Crippen molar-refractivity contribution >= 4 is 0 Å². The van der Waals surface area contributed by atoms with E-state index in [1.54, 1.807) is 14.2 Å². The molecule has 0 aliphatic carbocycles. The van der Waals surface area contributed by atoms with Gasteiger partial charge >= 0.3 is 0 Å². The van der Waals surface area contributed by atoms with E-state index >= 15 is 0 Å². The van der Waals surface area contributed by atoms with E-state index < -0.39 is 0 Å². The summed E-state index contributed by atoms with van der Waals surface area (Å²) in [6.45, 7) is 4.48. The Hall–Kier alpha value is -1.22. The molecule has 1 heterocycles. The Morgan fingerprint density at radius 3 is 2.53 bits per heavy atom. The second-order valence-electron chi connectivity index (χ2n) is 5.36. The molecule has 0 amide bonds. The van der Waals surface area contributed by atoms with Crippen LogP contribution in [0.2, 0.25) is 0 Å². The van der Waals surface area contributed by atoms with Crippen LogP contribution in [0, 0.1) is 12.8 Å². The monoisotopic (exact) mass is 263 g/mol. The van der Waals surface area contributed by atoms with Crippen molar-refractivity contribution in [3.63, 3.8) is 0 Å². The summed E-state index contributed by atoms with van der Waals surface area (Å²) >= 11 is 0. The fourth-order valence-electron chi connectivity index (χ4n) is 2.89. The first-order valence-corrected chi connectivity index (χ1v) is 7.16. The van der Waals surface area contributed by atoms with Crippen LogP contribution < -0.4 is 14.8 Å². The van der Waals surface area contributed by atoms with E-state index in [4.69, 9.17) is 9.47 Å². The molecule has 0 bridgehead atoms. The summed E-state index contributed by atoms with van der Waals surface area (Å²) in [5.74, 6) is 2.69. The van der Waals surface area contributed by atoms with Crippen molar-refractivity contribution in [3.05, 3.63) is 23.3 Å². The highest BCUT2D eigenvalue weighted by Crippen LogP contribution is 2.31. The zero-order valence-corrected chi connectivity index (χ0v) is 12.3. The number of ether oxygens (including phenoxy) is 2. The Morgan fingerprint density at radius 1 is 1.16 bits per heavy atom. The molecule has 1 N–H and O–H groups in total. The van der Waals surface area contributed by atoms with Crippen molar-refractivity contribution in [2.45, 2.75) is 32.6 Å². The minimum absolute atomic E-state index is 0.854. The first-order valence-electron chi connectivity index (χ1n) is 7.16. The van der Waals surface area contributed by atoms with Gasteiger partial charge in [0.1, 0.15) is 11.5 Å². The van der Waals surface area contributed by atoms with Gasteiger partial charge in [0.25, 0.3) is 0 Å². The van der Waals surface area contributed by atoms with E-state index in [-0.39, 0.29) is 0 Å². The lowest BCUT2D eigenvalue weighted by atomic mass is 9.90. The van der Waals surface area contributed by atoms with Crippen molar-refractivity contribution in [2.75, 3.05) is 27.3 Å². The van der Waals surface area contributed by atoms with Gasteiger partial charge in [-0.1, -0.05) is 0 Å². The van der Waals surface area contributed by atoms with Crippen LogP contribution in [-0.4, -0.2) is 27.3 Å². The molecule has 0 unspecified atom stereocenters. The maximum atomic E-state index is 5.52. The maximum Gasteiger partial charge on any atom is 0.126 e. The van der Waals surface area contributed by atoms with Crippen molar-refractivity contribution in [3.8, 4) is 11.5 Å². The number of nitrogens with one attached hydrogen (secondary N) is 1. The zero-order valence-electron chi connectivity index (χ0n) is 12.3. The van der Waals surface area contributed by atoms with E-state index in [0.717, 1.165) is 23.8 Å². The quantitative estimate of drug-likeness (QED) is 0.886. The molecule has 1 fully saturated rings. The predicted octanol–water partition coefficient (Wildman–Crippen LogP) is 2.94. The average molecular weight is 263 g/mol. The first kappa shape index (κ1) is 14.2. The smallest absolute Gasteiger partial charge is 0.126 e. The minimum Gasteiger partial charge on any atom is -0.497 e. The third-order valence-electron chi connectivity index (χ3n) is 4.12. The molecule has 1 saturated heterocycles. The molecular formula is C16H25NO2. The van der Waals surface area contributed by atoms with Crippen molar-refractivity contribution < 1.29 is 9.47 Å². The van der Waals surface area contributed by atoms with Crippen molar-refractivity contribution in [1.82, 2.24) is 5.32 Å². The number of hydrogen-bond acceptors (Lipinski definition) is 3. The molecule has 1 aromatic carbocycles. The lowest BCUT2D eigenvalue weighted by Gasteiger charge is -2.23. The standard InChI is InChI=1S/C16H25NO2/c1-12-10-14(18-2)11-16(19-3)15(12)5-4-13-6-8-17-9-7-13/h10-11,13,17H,4-9H2,1-3H3. The predicted molar refractivity (Wildman–Crippen MR) is 78.2 cm³/mol. The van der Waals surface area contributed by atoms with Crippen LogP contribution in [0.1, 0.15) is 30.4 Å². The second kappa shape index (κ2) is 6.80. The molecule has 1 aliphatic heterocycles. The molecule has 0 radical (unpaired) electrons. The summed E-state index contributed by atoms with van der Waals surface area (Å²) in [4.78, 5) is 0. The van der Waals surface area contributed by atoms with Gasteiger partial charge in [0.15, 0.2) is 0 Å². The summed E-state index contributed by atoms with van der Waals surface area (Å²) in [6, 6.07) is 4.09. The normalized spacial score (nSPS) is 16.4. The Bertz CT molecular complexity index is 411. The van der Waals surface area contributed by atoms with Crippen LogP contribution in [0.25, 0.3) is 0 Å². The lowest BCUT2D eigenvalue weighted by Crippen LogP contribution is -2.27. The highest BCUT2D eigenvalue weighted by Gasteiger charge is 2.15. The molecule has 106 valence electrons. The molecule has 1 aliphatic rings. The Kier molecular flexibility index (Phi) is 5.08. The van der Waals surface area contributed by atoms with Gasteiger partial charge in [-0.25, -0.2) is 0 Å². The van der Waals surface area contributed by atoms with Crippen LogP contribution in [-0.2, 0) is 6.42 Å². The van der Waals surface area contributed by atoms with Crippen LogP contribution in [0.15, 0.2) is 12.1 Å². The number of methoxy groups -OCH3 is 2. The minimum atomic E-state index is 0.854. The molecular weight excluding hydrogens is 238 g/mol. The van der Waals surface area contributed by atoms with E-state index in [2.05, 4.69) is 18.3 Å². The molecule has 2 rings (SSSR count). The van der Waals surface area contributed by atoms with Crippen LogP contribution in [0.5, 0.6) is 11.5 Å². The zero-order chi connectivity index (χ0) is 13.7. The Balaban J connectivity index is 2.05. The van der Waals surface area contributed by atoms with Crippen molar-refractivity contribution in [1.29, 1.82) is 0 Å². The topological polar surface area (TPSA) is 30.5 Å². The highest BCUT2D eigenvalue weighted by atomic mass is 16.5. The summed E-state index contributed by atoms with van der Waals surface area (Å²) < 4.78 is 10.8. The third-order valence-corrected chi connectivity index (χ3v) is 4.12. The van der Waals surface area contributed by atoms with Gasteiger partial charge in [0.2, 0.25) is 0 Å². The Labute approximate surface area is 116 Å². The molecule has 3 nitrogen and oxygen atoms in total. The van der Waals surface area contributed by atoms with E-state index in [0.29, 0.717) is 0 Å². The van der Waals surface area contributed by atoms with Gasteiger partial charge in [0, 0.05) is 6.07 Å². The third kappa shape index (κ3) is 3.63. The van der Waals surface area contributed by atoms with E-state index in [1.807, 2.05) is 6.07 Å². The number of rotatable bonds is 5. The summed E-state index contributed by atoms with van der Waals surface area (Å²) in [6.07, 6.45) is 4.96. The van der Waals surface area contributed by atoms with Crippen LogP contribution >= 0.6 is 0 Å². The number of piperidine rings is 1. The number of benzene rings is 1. The second-order valence-corrected chi connectivity index (χ2v) is 5.36. The highest BCUT2D eigenvalue weighted by molar-refractivity contribution is 5.46. The summed E-state index contributed by atoms with van der Waals surface area (Å²) in [5.41, 5.74) is 2.60. The molecule has 19 heavy (non-hydrogen) atoms. The fraction of sp³-hybridized carbons (Fsp3) is 0.625. The SMILES string of the molecule is COc1cc(C)c(CCC2CCNCC2)c(OC)c1. The van der Waals surface area contributed by atoms with Gasteiger partial charge in [-0.3, -0.25) is 0 Å². The van der Waals surface area contributed by atoms with Gasteiger partial charge in [0.05, 0.1) is 14.2 Å². The summed E-state index contributed by atoms with van der Waals surface area (Å²) in [5, 5.41) is 3.42. The van der Waals surface area contributed by atoms with Gasteiger partial charge in [-0.2, -0.15) is 0 Å². The molecule has 0 spiro atoms. The average Bonchev–Trinajstić information content (AvgIpc) is 2.46. The van der Waals surface area contributed by atoms with Gasteiger partial charge in [-0.15, -0.1) is 0 Å². The summed E-state index contributed by atoms with van der Waals surface area (Å²) in [7, 11) is 3.44. The van der Waals surface area contributed by atoms with Crippen molar-refractivity contribution in [2.24, 2.45) is 5.92 Å². The molecule has 0 saturated carbocycles. The number of aryl methyl sites for hydroxylation is 1. The molecule has 0 aromatic heterocycles. The van der Waals surface area contributed by atoms with Gasteiger partial charge < -0.3 is 14.8 Å². The molecule has 0 atom stereocenters. The molecule has 1 aromatic rings. The molecule has 3 heteroatoms. The first-order chi connectivity index (χ1) is 9.24. The number of hydrogen-bond donors (Lipinski definition) is 1. The largest absolute Gasteiger partial charge is 0.497 e.